The molecule has 0 aliphatic heterocycles. The van der Waals surface area contributed by atoms with Crippen molar-refractivity contribution >= 4 is 39.5 Å². The summed E-state index contributed by atoms with van der Waals surface area (Å²) in [6, 6.07) is 0. The van der Waals surface area contributed by atoms with Crippen molar-refractivity contribution in [2.24, 2.45) is 0 Å². The lowest BCUT2D eigenvalue weighted by molar-refractivity contribution is -0.161. The van der Waals surface area contributed by atoms with Gasteiger partial charge in [-0.1, -0.05) is 238 Å². The van der Waals surface area contributed by atoms with E-state index in [1.165, 1.54) is 32.1 Å². The van der Waals surface area contributed by atoms with Gasteiger partial charge in [0, 0.05) is 25.7 Å². The van der Waals surface area contributed by atoms with Crippen LogP contribution in [-0.2, 0) is 65.4 Å². The summed E-state index contributed by atoms with van der Waals surface area (Å²) in [5, 5.41) is 10.6. The summed E-state index contributed by atoms with van der Waals surface area (Å²) in [7, 11) is -9.99. The summed E-state index contributed by atoms with van der Waals surface area (Å²) in [6.45, 7) is 4.41. The summed E-state index contributed by atoms with van der Waals surface area (Å²) in [5.41, 5.74) is 0. The number of phosphoric acid groups is 2. The van der Waals surface area contributed by atoms with Crippen LogP contribution in [0.4, 0.5) is 0 Å². The highest BCUT2D eigenvalue weighted by molar-refractivity contribution is 7.47. The number of allylic oxidation sites excluding steroid dienone is 24. The molecule has 0 aliphatic rings. The molecule has 19 heteroatoms. The Morgan fingerprint density at radius 2 is 0.551 bits per heavy atom. The second-order valence-corrected chi connectivity index (χ2v) is 27.0. The second-order valence-electron chi connectivity index (χ2n) is 24.1. The third kappa shape index (κ3) is 69.4. The van der Waals surface area contributed by atoms with Gasteiger partial charge in [0.05, 0.1) is 26.4 Å². The van der Waals surface area contributed by atoms with Crippen molar-refractivity contribution in [3.8, 4) is 0 Å². The molecular weight excluding hydrogens is 1280 g/mol. The Balaban J connectivity index is 5.44. The fourth-order valence-corrected chi connectivity index (χ4v) is 10.7. The maximum atomic E-state index is 13.1. The minimum absolute atomic E-state index is 0.0615. The number of hydrogen-bond donors (Lipinski definition) is 3. The minimum atomic E-state index is -5.00. The van der Waals surface area contributed by atoms with Gasteiger partial charge < -0.3 is 33.8 Å². The second kappa shape index (κ2) is 70.4. The first-order chi connectivity index (χ1) is 47.7. The summed E-state index contributed by atoms with van der Waals surface area (Å²) in [5.74, 6) is -2.33. The van der Waals surface area contributed by atoms with Crippen molar-refractivity contribution < 1.29 is 80.2 Å². The van der Waals surface area contributed by atoms with Gasteiger partial charge in [-0.25, -0.2) is 9.13 Å². The molecule has 0 saturated heterocycles. The molecule has 0 fully saturated rings. The molecule has 558 valence electrons. The molecule has 0 spiro atoms. The van der Waals surface area contributed by atoms with Gasteiger partial charge in [-0.2, -0.15) is 0 Å². The molecule has 0 aromatic rings. The van der Waals surface area contributed by atoms with Crippen molar-refractivity contribution in [3.63, 3.8) is 0 Å². The summed E-state index contributed by atoms with van der Waals surface area (Å²) in [6.07, 6.45) is 78.6. The molecule has 3 N–H and O–H groups in total. The maximum Gasteiger partial charge on any atom is 0.472 e. The Bertz CT molecular complexity index is 2430. The quantitative estimate of drug-likeness (QED) is 0.0169. The number of carbonyl (C=O) groups is 4. The summed E-state index contributed by atoms with van der Waals surface area (Å²) >= 11 is 0. The molecule has 0 aliphatic carbocycles. The lowest BCUT2D eigenvalue weighted by atomic mass is 10.1. The van der Waals surface area contributed by atoms with Crippen LogP contribution in [0, 0.1) is 0 Å². The normalized spacial score (nSPS) is 14.8. The van der Waals surface area contributed by atoms with Crippen molar-refractivity contribution in [3.05, 3.63) is 146 Å². The highest BCUT2D eigenvalue weighted by Crippen LogP contribution is 2.45. The lowest BCUT2D eigenvalue weighted by Crippen LogP contribution is -2.30. The van der Waals surface area contributed by atoms with Crippen LogP contribution in [0.3, 0.4) is 0 Å². The molecular formula is C79H130O17P2. The fourth-order valence-electron chi connectivity index (χ4n) is 9.14. The first-order valence-corrected chi connectivity index (χ1v) is 40.1. The van der Waals surface area contributed by atoms with E-state index in [0.717, 1.165) is 154 Å². The molecule has 0 aromatic heterocycles. The van der Waals surface area contributed by atoms with E-state index in [2.05, 4.69) is 161 Å². The Labute approximate surface area is 592 Å². The van der Waals surface area contributed by atoms with Crippen LogP contribution in [0.25, 0.3) is 0 Å². The summed E-state index contributed by atoms with van der Waals surface area (Å²) < 4.78 is 68.2. The van der Waals surface area contributed by atoms with E-state index in [1.54, 1.807) is 0 Å². The predicted molar refractivity (Wildman–Crippen MR) is 399 cm³/mol. The molecule has 0 aromatic carbocycles. The van der Waals surface area contributed by atoms with Crippen LogP contribution in [0.5, 0.6) is 0 Å². The van der Waals surface area contributed by atoms with Gasteiger partial charge in [0.15, 0.2) is 12.2 Å². The van der Waals surface area contributed by atoms with E-state index in [-0.39, 0.29) is 25.7 Å². The first kappa shape index (κ1) is 92.9. The zero-order chi connectivity index (χ0) is 71.8. The summed E-state index contributed by atoms with van der Waals surface area (Å²) in [4.78, 5) is 72.7. The Morgan fingerprint density at radius 3 is 0.918 bits per heavy atom. The van der Waals surface area contributed by atoms with Gasteiger partial charge >= 0.3 is 39.5 Å². The van der Waals surface area contributed by atoms with Gasteiger partial charge in [0.2, 0.25) is 0 Å². The number of unbranched alkanes of at least 4 members (excludes halogenated alkanes) is 18. The number of hydrogen-bond acceptors (Lipinski definition) is 15. The molecule has 0 radical (unpaired) electrons. The van der Waals surface area contributed by atoms with Crippen LogP contribution in [0.15, 0.2) is 146 Å². The number of carbonyl (C=O) groups excluding carboxylic acids is 4. The van der Waals surface area contributed by atoms with Crippen LogP contribution in [-0.4, -0.2) is 96.7 Å². The van der Waals surface area contributed by atoms with Crippen LogP contribution in [0.1, 0.15) is 272 Å². The lowest BCUT2D eigenvalue weighted by Gasteiger charge is -2.21. The molecule has 0 rings (SSSR count). The number of aliphatic hydroxyl groups is 1. The Morgan fingerprint density at radius 1 is 0.296 bits per heavy atom. The molecule has 0 bridgehead atoms. The zero-order valence-corrected chi connectivity index (χ0v) is 62.4. The average molecular weight is 1410 g/mol. The highest BCUT2D eigenvalue weighted by Gasteiger charge is 2.30. The maximum absolute atomic E-state index is 13.1. The number of phosphoric ester groups is 2. The molecule has 5 atom stereocenters. The van der Waals surface area contributed by atoms with Crippen LogP contribution < -0.4 is 0 Å². The molecule has 0 heterocycles. The fraction of sp³-hybridized carbons (Fsp3) is 0.646. The van der Waals surface area contributed by atoms with E-state index < -0.39 is 97.5 Å². The van der Waals surface area contributed by atoms with Crippen molar-refractivity contribution in [2.45, 2.75) is 290 Å². The third-order valence-corrected chi connectivity index (χ3v) is 16.7. The van der Waals surface area contributed by atoms with Crippen molar-refractivity contribution in [1.29, 1.82) is 0 Å². The topological polar surface area (TPSA) is 237 Å². The van der Waals surface area contributed by atoms with Gasteiger partial charge in [-0.15, -0.1) is 0 Å². The first-order valence-electron chi connectivity index (χ1n) is 37.1. The molecule has 17 nitrogen and oxygen atoms in total. The molecule has 98 heavy (non-hydrogen) atoms. The molecule has 5 unspecified atom stereocenters. The number of rotatable bonds is 68. The van der Waals surface area contributed by atoms with E-state index in [0.29, 0.717) is 32.1 Å². The van der Waals surface area contributed by atoms with Gasteiger partial charge in [-0.3, -0.25) is 37.3 Å². The van der Waals surface area contributed by atoms with E-state index >= 15 is 0 Å². The predicted octanol–water partition coefficient (Wildman–Crippen LogP) is 21.1. The van der Waals surface area contributed by atoms with Crippen molar-refractivity contribution in [2.75, 3.05) is 39.6 Å². The number of esters is 4. The van der Waals surface area contributed by atoms with E-state index in [4.69, 9.17) is 37.0 Å². The number of ether oxygens (including phenoxy) is 4. The van der Waals surface area contributed by atoms with E-state index in [1.807, 2.05) is 12.2 Å². The monoisotopic (exact) mass is 1410 g/mol. The molecule has 0 saturated carbocycles. The smallest absolute Gasteiger partial charge is 0.462 e. The van der Waals surface area contributed by atoms with Crippen LogP contribution in [0.2, 0.25) is 0 Å². The third-order valence-electron chi connectivity index (χ3n) is 14.8. The van der Waals surface area contributed by atoms with Crippen molar-refractivity contribution in [1.82, 2.24) is 0 Å². The Hall–Kier alpha value is -5.06. The Kier molecular flexibility index (Phi) is 66.7. The van der Waals surface area contributed by atoms with Gasteiger partial charge in [0.25, 0.3) is 0 Å². The minimum Gasteiger partial charge on any atom is -0.462 e. The molecule has 0 amide bonds. The van der Waals surface area contributed by atoms with E-state index in [9.17, 15) is 43.2 Å². The van der Waals surface area contributed by atoms with Crippen LogP contribution >= 0.6 is 15.6 Å². The average Bonchev–Trinajstić information content (AvgIpc) is 0.986. The number of aliphatic hydroxyl groups excluding tert-OH is 1. The van der Waals surface area contributed by atoms with Gasteiger partial charge in [0.1, 0.15) is 19.3 Å². The standard InChI is InChI=1S/C79H130O17P2/c1-5-9-13-17-21-25-29-32-35-36-39-41-45-48-52-56-60-64-77(82)90-70-75(96-79(84)66-62-58-54-50-46-42-38-34-31-27-23-19-15-11-7-3)72-94-98(87,88)92-68-73(80)67-91-97(85,86)93-71-74(95-78(83)65-61-57-53-49-43-28-24-20-16-12-8-4)69-89-76(81)63-59-55-51-47-44-40-37-33-30-26-22-18-14-10-6-2/h9-10,13-14,20-27,32-35,37-39,41,44,47-48,52,73-75,80H,5-8,11-12,15-19,28-31,36,40,42-43,45-46,49-51,53-72H2,1-4H3,(H,85,86)(H,87,88)/b13-9-,14-10-,24-20-,25-21-,26-22-,27-23-,35-32-,37-33-,38-34-,41-39-,47-44-,52-48-. The highest BCUT2D eigenvalue weighted by atomic mass is 31.2. The zero-order valence-electron chi connectivity index (χ0n) is 60.7. The largest absolute Gasteiger partial charge is 0.472 e. The van der Waals surface area contributed by atoms with Gasteiger partial charge in [-0.05, 0) is 154 Å². The SMILES string of the molecule is CC/C=C\C/C=C\C/C=C\C/C=C\C/C=C\CCCC(=O)OCC(COP(=O)(O)OCC(O)COP(=O)(O)OCC(COC(=O)CCCC/C=C\C/C=C\C/C=C\C/C=C\CC)OC(=O)CCCCCCC/C=C\CCCC)OC(=O)CCCCCCC/C=C\C/C=C\CCCCC.